The second-order valence-corrected chi connectivity index (χ2v) is 3.97. The van der Waals surface area contributed by atoms with Crippen molar-refractivity contribution in [3.8, 4) is 11.2 Å². The Bertz CT molecular complexity index is 505. The van der Waals surface area contributed by atoms with Crippen molar-refractivity contribution in [3.63, 3.8) is 0 Å². The van der Waals surface area contributed by atoms with Gasteiger partial charge >= 0.3 is 5.97 Å². The minimum absolute atomic E-state index is 0.0900. The Labute approximate surface area is 113 Å². The standard InChI is InChI=1S/C12H8ClNO3S/c13-7-11(15)9-1-3-10(4-2-9)17-12(16)5-6-18-8-14/h1-6H,7H2. The molecule has 0 aliphatic rings. The number of esters is 1. The lowest BCUT2D eigenvalue weighted by Crippen LogP contribution is -2.04. The van der Waals surface area contributed by atoms with Crippen LogP contribution in [-0.4, -0.2) is 17.6 Å². The number of halogens is 1. The van der Waals surface area contributed by atoms with E-state index in [0.29, 0.717) is 11.3 Å². The molecule has 0 unspecified atom stereocenters. The van der Waals surface area contributed by atoms with Crippen LogP contribution in [0, 0.1) is 10.7 Å². The van der Waals surface area contributed by atoms with Gasteiger partial charge in [0.15, 0.2) is 5.78 Å². The van der Waals surface area contributed by atoms with Crippen LogP contribution in [0.15, 0.2) is 35.7 Å². The maximum Gasteiger partial charge on any atom is 0.336 e. The molecule has 4 nitrogen and oxygen atoms in total. The molecule has 0 spiro atoms. The molecule has 0 amide bonds. The highest BCUT2D eigenvalue weighted by Gasteiger charge is 2.05. The highest BCUT2D eigenvalue weighted by Crippen LogP contribution is 2.13. The van der Waals surface area contributed by atoms with E-state index < -0.39 is 5.97 Å². The van der Waals surface area contributed by atoms with E-state index in [-0.39, 0.29) is 11.7 Å². The first-order valence-corrected chi connectivity index (χ1v) is 6.21. The van der Waals surface area contributed by atoms with Gasteiger partial charge in [-0.15, -0.1) is 11.6 Å². The summed E-state index contributed by atoms with van der Waals surface area (Å²) in [6, 6.07) is 6.06. The number of ketones is 1. The van der Waals surface area contributed by atoms with Crippen LogP contribution in [0.2, 0.25) is 0 Å². The van der Waals surface area contributed by atoms with Gasteiger partial charge in [-0.3, -0.25) is 4.79 Å². The van der Waals surface area contributed by atoms with E-state index in [0.717, 1.165) is 17.8 Å². The SMILES string of the molecule is N#CSC=CC(=O)Oc1ccc(C(=O)CCl)cc1. The fourth-order valence-corrected chi connectivity index (χ4v) is 1.45. The zero-order valence-electron chi connectivity index (χ0n) is 9.13. The maximum absolute atomic E-state index is 11.2. The summed E-state index contributed by atoms with van der Waals surface area (Å²) in [6.45, 7) is 0. The predicted octanol–water partition coefficient (Wildman–Crippen LogP) is 2.74. The van der Waals surface area contributed by atoms with Crippen LogP contribution in [0.1, 0.15) is 10.4 Å². The molecule has 0 N–H and O–H groups in total. The minimum atomic E-state index is -0.589. The number of carbonyl (C=O) groups excluding carboxylic acids is 2. The van der Waals surface area contributed by atoms with Crippen LogP contribution >= 0.6 is 23.4 Å². The van der Waals surface area contributed by atoms with Gasteiger partial charge in [0, 0.05) is 11.6 Å². The van der Waals surface area contributed by atoms with Crippen LogP contribution in [0.5, 0.6) is 5.75 Å². The topological polar surface area (TPSA) is 67.2 Å². The summed E-state index contributed by atoms with van der Waals surface area (Å²) in [5.41, 5.74) is 0.459. The Hall–Kier alpha value is -1.77. The molecule has 0 radical (unpaired) electrons. The van der Waals surface area contributed by atoms with E-state index in [1.807, 2.05) is 0 Å². The third-order valence-electron chi connectivity index (χ3n) is 1.84. The van der Waals surface area contributed by atoms with Crippen LogP contribution in [-0.2, 0) is 4.79 Å². The zero-order chi connectivity index (χ0) is 13.4. The van der Waals surface area contributed by atoms with Crippen LogP contribution in [0.25, 0.3) is 0 Å². The first-order valence-electron chi connectivity index (χ1n) is 4.79. The fourth-order valence-electron chi connectivity index (χ4n) is 1.06. The Morgan fingerprint density at radius 3 is 2.61 bits per heavy atom. The number of rotatable bonds is 5. The molecule has 0 fully saturated rings. The van der Waals surface area contributed by atoms with Gasteiger partial charge in [0.2, 0.25) is 0 Å². The second-order valence-electron chi connectivity index (χ2n) is 3.01. The molecule has 0 aliphatic heterocycles. The number of carbonyl (C=O) groups is 2. The zero-order valence-corrected chi connectivity index (χ0v) is 10.7. The van der Waals surface area contributed by atoms with E-state index in [4.69, 9.17) is 21.6 Å². The molecule has 0 aromatic heterocycles. The monoisotopic (exact) mass is 281 g/mol. The van der Waals surface area contributed by atoms with Crippen LogP contribution < -0.4 is 4.74 Å². The first kappa shape index (κ1) is 14.3. The lowest BCUT2D eigenvalue weighted by molar-refractivity contribution is -0.128. The van der Waals surface area contributed by atoms with E-state index >= 15 is 0 Å². The van der Waals surface area contributed by atoms with Crippen molar-refractivity contribution in [3.05, 3.63) is 41.3 Å². The largest absolute Gasteiger partial charge is 0.423 e. The number of benzene rings is 1. The average Bonchev–Trinajstić information content (AvgIpc) is 2.39. The number of nitrogens with zero attached hydrogens (tertiary/aromatic N) is 1. The van der Waals surface area contributed by atoms with Crippen molar-refractivity contribution in [1.82, 2.24) is 0 Å². The molecule has 0 heterocycles. The number of nitriles is 1. The number of thiocyanates is 1. The summed E-state index contributed by atoms with van der Waals surface area (Å²) in [6.07, 6.45) is 1.14. The van der Waals surface area contributed by atoms with E-state index in [2.05, 4.69) is 0 Å². The van der Waals surface area contributed by atoms with Gasteiger partial charge in [-0.1, -0.05) is 0 Å². The Morgan fingerprint density at radius 1 is 1.39 bits per heavy atom. The highest BCUT2D eigenvalue weighted by molar-refractivity contribution is 8.06. The normalized spacial score (nSPS) is 10.0. The molecule has 0 bridgehead atoms. The molecular formula is C12H8ClNO3S. The number of hydrogen-bond acceptors (Lipinski definition) is 5. The molecule has 18 heavy (non-hydrogen) atoms. The second kappa shape index (κ2) is 7.54. The smallest absolute Gasteiger partial charge is 0.336 e. The van der Waals surface area contributed by atoms with Gasteiger partial charge in [-0.2, -0.15) is 5.26 Å². The predicted molar refractivity (Wildman–Crippen MR) is 69.5 cm³/mol. The van der Waals surface area contributed by atoms with Crippen molar-refractivity contribution in [2.75, 3.05) is 5.88 Å². The van der Waals surface area contributed by atoms with Crippen molar-refractivity contribution in [1.29, 1.82) is 5.26 Å². The number of hydrogen-bond donors (Lipinski definition) is 0. The summed E-state index contributed by atoms with van der Waals surface area (Å²) >= 11 is 6.23. The van der Waals surface area contributed by atoms with E-state index in [1.54, 1.807) is 5.40 Å². The van der Waals surface area contributed by atoms with Gasteiger partial charge in [0.1, 0.15) is 11.2 Å². The lowest BCUT2D eigenvalue weighted by atomic mass is 10.1. The molecule has 1 rings (SSSR count). The fraction of sp³-hybridized carbons (Fsp3) is 0.0833. The molecule has 0 saturated carbocycles. The molecule has 92 valence electrons. The number of Topliss-reactive ketones (excluding diaryl/α,β-unsaturated/α-hetero) is 1. The van der Waals surface area contributed by atoms with Crippen molar-refractivity contribution in [2.24, 2.45) is 0 Å². The molecule has 1 aromatic rings. The number of thioether (sulfide) groups is 1. The quantitative estimate of drug-likeness (QED) is 0.207. The Morgan fingerprint density at radius 2 is 2.06 bits per heavy atom. The van der Waals surface area contributed by atoms with E-state index in [9.17, 15) is 9.59 Å². The maximum atomic E-state index is 11.2. The third kappa shape index (κ3) is 4.62. The Kier molecular flexibility index (Phi) is 5.98. The van der Waals surface area contributed by atoms with Gasteiger partial charge in [-0.25, -0.2) is 4.79 Å². The molecular weight excluding hydrogens is 274 g/mol. The molecule has 0 saturated heterocycles. The number of ether oxygens (including phenoxy) is 1. The summed E-state index contributed by atoms with van der Waals surface area (Å²) in [4.78, 5) is 22.5. The van der Waals surface area contributed by atoms with Gasteiger partial charge < -0.3 is 4.74 Å². The third-order valence-corrected chi connectivity index (χ3v) is 2.46. The van der Waals surface area contributed by atoms with Gasteiger partial charge in [0.25, 0.3) is 0 Å². The molecule has 1 aromatic carbocycles. The molecule has 0 aliphatic carbocycles. The minimum Gasteiger partial charge on any atom is -0.423 e. The van der Waals surface area contributed by atoms with Crippen LogP contribution in [0.3, 0.4) is 0 Å². The van der Waals surface area contributed by atoms with Crippen molar-refractivity contribution < 1.29 is 14.3 Å². The summed E-state index contributed by atoms with van der Waals surface area (Å²) in [5, 5.41) is 11.4. The number of alkyl halides is 1. The lowest BCUT2D eigenvalue weighted by Gasteiger charge is -2.02. The molecule has 0 atom stereocenters. The highest BCUT2D eigenvalue weighted by atomic mass is 35.5. The van der Waals surface area contributed by atoms with Crippen LogP contribution in [0.4, 0.5) is 0 Å². The molecule has 6 heteroatoms. The van der Waals surface area contributed by atoms with Crippen molar-refractivity contribution >= 4 is 35.1 Å². The van der Waals surface area contributed by atoms with Gasteiger partial charge in [0.05, 0.1) is 5.88 Å². The van der Waals surface area contributed by atoms with Crippen molar-refractivity contribution in [2.45, 2.75) is 0 Å². The summed E-state index contributed by atoms with van der Waals surface area (Å²) in [7, 11) is 0. The average molecular weight is 282 g/mol. The summed E-state index contributed by atoms with van der Waals surface area (Å²) in [5.74, 6) is -0.556. The van der Waals surface area contributed by atoms with E-state index in [1.165, 1.54) is 29.7 Å². The first-order chi connectivity index (χ1) is 8.67. The summed E-state index contributed by atoms with van der Waals surface area (Å²) < 4.78 is 4.94. The Balaban J connectivity index is 2.61. The van der Waals surface area contributed by atoms with Gasteiger partial charge in [-0.05, 0) is 41.4 Å².